The van der Waals surface area contributed by atoms with Crippen LogP contribution >= 0.6 is 0 Å². The second kappa shape index (κ2) is 8.51. The topological polar surface area (TPSA) is 46.5 Å². The Kier molecular flexibility index (Phi) is 7.84. The van der Waals surface area contributed by atoms with E-state index in [-0.39, 0.29) is 12.4 Å². The second-order valence-corrected chi connectivity index (χ2v) is 2.97. The smallest absolute Gasteiger partial charge is 0.308 e. The van der Waals surface area contributed by atoms with Gasteiger partial charge in [0.05, 0.1) is 19.6 Å². The molecule has 0 amide bonds. The first kappa shape index (κ1) is 12.9. The van der Waals surface area contributed by atoms with E-state index in [1.807, 2.05) is 31.2 Å². The summed E-state index contributed by atoms with van der Waals surface area (Å²) in [5, 5.41) is 9.35. The maximum atomic E-state index is 10.7. The summed E-state index contributed by atoms with van der Waals surface area (Å²) in [6.07, 6.45) is 8.57. The van der Waals surface area contributed by atoms with Crippen molar-refractivity contribution < 1.29 is 14.6 Å². The summed E-state index contributed by atoms with van der Waals surface area (Å²) in [7, 11) is 1.32. The number of esters is 1. The van der Waals surface area contributed by atoms with Gasteiger partial charge in [-0.05, 0) is 19.8 Å². The van der Waals surface area contributed by atoms with Crippen LogP contribution in [0, 0.1) is 0 Å². The fourth-order valence-electron chi connectivity index (χ4n) is 0.952. The number of carbonyl (C=O) groups is 1. The van der Waals surface area contributed by atoms with E-state index in [9.17, 15) is 9.90 Å². The third kappa shape index (κ3) is 7.55. The van der Waals surface area contributed by atoms with Crippen LogP contribution in [0.15, 0.2) is 24.3 Å². The zero-order valence-corrected chi connectivity index (χ0v) is 8.77. The first-order valence-corrected chi connectivity index (χ1v) is 4.73. The first-order valence-electron chi connectivity index (χ1n) is 4.73. The number of hydrogen-bond acceptors (Lipinski definition) is 3. The van der Waals surface area contributed by atoms with Crippen LogP contribution in [-0.2, 0) is 9.53 Å². The Morgan fingerprint density at radius 1 is 1.50 bits per heavy atom. The minimum Gasteiger partial charge on any atom is -0.469 e. The van der Waals surface area contributed by atoms with E-state index in [4.69, 9.17) is 0 Å². The Labute approximate surface area is 85.1 Å². The summed E-state index contributed by atoms with van der Waals surface area (Å²) in [4.78, 5) is 10.7. The normalized spacial score (nSPS) is 13.6. The maximum absolute atomic E-state index is 10.7. The van der Waals surface area contributed by atoms with Crippen molar-refractivity contribution in [1.82, 2.24) is 0 Å². The molecule has 0 fully saturated rings. The minimum absolute atomic E-state index is 0.0773. The third-order valence-corrected chi connectivity index (χ3v) is 1.74. The van der Waals surface area contributed by atoms with Gasteiger partial charge in [0.2, 0.25) is 0 Å². The van der Waals surface area contributed by atoms with Gasteiger partial charge in [-0.1, -0.05) is 24.3 Å². The molecule has 0 heterocycles. The Bertz CT molecular complexity index is 207. The quantitative estimate of drug-likeness (QED) is 0.523. The zero-order valence-electron chi connectivity index (χ0n) is 8.77. The molecular formula is C11H18O3. The highest BCUT2D eigenvalue weighted by Gasteiger charge is 2.09. The van der Waals surface area contributed by atoms with Crippen LogP contribution in [-0.4, -0.2) is 24.3 Å². The summed E-state index contributed by atoms with van der Waals surface area (Å²) in [6.45, 7) is 1.94. The van der Waals surface area contributed by atoms with Crippen molar-refractivity contribution in [1.29, 1.82) is 0 Å². The fraction of sp³-hybridized carbons (Fsp3) is 0.545. The lowest BCUT2D eigenvalue weighted by molar-refractivity contribution is -0.142. The van der Waals surface area contributed by atoms with E-state index in [2.05, 4.69) is 4.74 Å². The Morgan fingerprint density at radius 3 is 2.79 bits per heavy atom. The summed E-state index contributed by atoms with van der Waals surface area (Å²) in [6, 6.07) is 0. The van der Waals surface area contributed by atoms with Crippen LogP contribution in [0.2, 0.25) is 0 Å². The molecule has 0 saturated carbocycles. The molecule has 0 aromatic carbocycles. The minimum atomic E-state index is -0.599. The van der Waals surface area contributed by atoms with Crippen LogP contribution < -0.4 is 0 Å². The number of hydrogen-bond donors (Lipinski definition) is 1. The average Bonchev–Trinajstić information content (AvgIpc) is 2.17. The lowest BCUT2D eigenvalue weighted by atomic mass is 10.1. The van der Waals surface area contributed by atoms with Crippen molar-refractivity contribution >= 4 is 5.97 Å². The van der Waals surface area contributed by atoms with Crippen LogP contribution in [0.1, 0.15) is 26.2 Å². The van der Waals surface area contributed by atoms with Gasteiger partial charge in [-0.25, -0.2) is 0 Å². The summed E-state index contributed by atoms with van der Waals surface area (Å²) >= 11 is 0. The number of allylic oxidation sites excluding steroid dienone is 4. The molecule has 0 bridgehead atoms. The maximum Gasteiger partial charge on any atom is 0.308 e. The molecule has 1 atom stereocenters. The molecule has 14 heavy (non-hydrogen) atoms. The Hall–Kier alpha value is -1.09. The molecule has 0 aliphatic carbocycles. The molecule has 80 valence electrons. The van der Waals surface area contributed by atoms with E-state index in [1.54, 1.807) is 0 Å². The molecule has 0 aliphatic heterocycles. The van der Waals surface area contributed by atoms with Crippen LogP contribution in [0.5, 0.6) is 0 Å². The lowest BCUT2D eigenvalue weighted by Crippen LogP contribution is -2.13. The van der Waals surface area contributed by atoms with Gasteiger partial charge in [-0.2, -0.15) is 0 Å². The van der Waals surface area contributed by atoms with Crippen molar-refractivity contribution in [2.75, 3.05) is 7.11 Å². The summed E-state index contributed by atoms with van der Waals surface area (Å²) in [5.41, 5.74) is 0. The SMILES string of the molecule is C/C=C/C=C/CCC(O)CC(=O)OC. The van der Waals surface area contributed by atoms with Gasteiger partial charge >= 0.3 is 5.97 Å². The molecule has 0 rings (SSSR count). The third-order valence-electron chi connectivity index (χ3n) is 1.74. The lowest BCUT2D eigenvalue weighted by Gasteiger charge is -2.06. The molecule has 0 radical (unpaired) electrons. The highest BCUT2D eigenvalue weighted by Crippen LogP contribution is 2.03. The molecule has 0 aliphatic rings. The van der Waals surface area contributed by atoms with E-state index in [0.717, 1.165) is 6.42 Å². The highest BCUT2D eigenvalue weighted by atomic mass is 16.5. The molecular weight excluding hydrogens is 180 g/mol. The Morgan fingerprint density at radius 2 is 2.21 bits per heavy atom. The molecule has 0 saturated heterocycles. The number of aliphatic hydroxyl groups excluding tert-OH is 1. The number of methoxy groups -OCH3 is 1. The number of aliphatic hydroxyl groups is 1. The Balaban J connectivity index is 3.53. The van der Waals surface area contributed by atoms with E-state index < -0.39 is 6.10 Å². The fourth-order valence-corrected chi connectivity index (χ4v) is 0.952. The zero-order chi connectivity index (χ0) is 10.8. The predicted octanol–water partition coefficient (Wildman–Crippen LogP) is 1.82. The average molecular weight is 198 g/mol. The number of ether oxygens (including phenoxy) is 1. The van der Waals surface area contributed by atoms with Crippen molar-refractivity contribution in [2.45, 2.75) is 32.3 Å². The van der Waals surface area contributed by atoms with E-state index >= 15 is 0 Å². The van der Waals surface area contributed by atoms with Crippen molar-refractivity contribution in [3.63, 3.8) is 0 Å². The van der Waals surface area contributed by atoms with Crippen LogP contribution in [0.4, 0.5) is 0 Å². The molecule has 0 aromatic rings. The van der Waals surface area contributed by atoms with Crippen molar-refractivity contribution in [2.24, 2.45) is 0 Å². The number of carbonyl (C=O) groups excluding carboxylic acids is 1. The van der Waals surface area contributed by atoms with Gasteiger partial charge in [0.15, 0.2) is 0 Å². The van der Waals surface area contributed by atoms with Crippen LogP contribution in [0.3, 0.4) is 0 Å². The molecule has 3 heteroatoms. The molecule has 0 spiro atoms. The van der Waals surface area contributed by atoms with Crippen molar-refractivity contribution in [3.8, 4) is 0 Å². The largest absolute Gasteiger partial charge is 0.469 e. The number of rotatable bonds is 6. The van der Waals surface area contributed by atoms with Crippen LogP contribution in [0.25, 0.3) is 0 Å². The first-order chi connectivity index (χ1) is 6.70. The molecule has 1 unspecified atom stereocenters. The van der Waals surface area contributed by atoms with Gasteiger partial charge in [0, 0.05) is 0 Å². The monoisotopic (exact) mass is 198 g/mol. The summed E-state index contributed by atoms with van der Waals surface area (Å²) in [5.74, 6) is -0.366. The predicted molar refractivity (Wildman–Crippen MR) is 55.8 cm³/mol. The second-order valence-electron chi connectivity index (χ2n) is 2.97. The van der Waals surface area contributed by atoms with E-state index in [0.29, 0.717) is 6.42 Å². The van der Waals surface area contributed by atoms with Gasteiger partial charge in [0.1, 0.15) is 0 Å². The van der Waals surface area contributed by atoms with E-state index in [1.165, 1.54) is 7.11 Å². The van der Waals surface area contributed by atoms with Gasteiger partial charge < -0.3 is 9.84 Å². The molecule has 0 aromatic heterocycles. The molecule has 1 N–H and O–H groups in total. The standard InChI is InChI=1S/C11H18O3/c1-3-4-5-6-7-8-10(12)9-11(13)14-2/h3-6,10,12H,7-9H2,1-2H3/b4-3+,6-5+. The van der Waals surface area contributed by atoms with Gasteiger partial charge in [-0.15, -0.1) is 0 Å². The molecule has 3 nitrogen and oxygen atoms in total. The summed E-state index contributed by atoms with van der Waals surface area (Å²) < 4.78 is 4.44. The highest BCUT2D eigenvalue weighted by molar-refractivity contribution is 5.69. The van der Waals surface area contributed by atoms with Crippen molar-refractivity contribution in [3.05, 3.63) is 24.3 Å². The van der Waals surface area contributed by atoms with Gasteiger partial charge in [0.25, 0.3) is 0 Å². The van der Waals surface area contributed by atoms with Gasteiger partial charge in [-0.3, -0.25) is 4.79 Å².